The van der Waals surface area contributed by atoms with Gasteiger partial charge in [-0.3, -0.25) is 0 Å². The Morgan fingerprint density at radius 1 is 1.35 bits per heavy atom. The minimum absolute atomic E-state index is 0.762. The normalized spacial score (nSPS) is 19.4. The van der Waals surface area contributed by atoms with E-state index in [0.717, 1.165) is 31.3 Å². The molecule has 1 fully saturated rings. The molecule has 3 nitrogen and oxygen atoms in total. The maximum atomic E-state index is 5.37. The highest BCUT2D eigenvalue weighted by molar-refractivity contribution is 5.55. The molecule has 1 aliphatic rings. The van der Waals surface area contributed by atoms with E-state index in [-0.39, 0.29) is 0 Å². The van der Waals surface area contributed by atoms with Gasteiger partial charge >= 0.3 is 0 Å². The molecule has 1 aromatic rings. The fraction of sp³-hybridized carbons (Fsp3) is 0.571. The van der Waals surface area contributed by atoms with Gasteiger partial charge in [0.05, 0.1) is 7.11 Å². The number of methoxy groups -OCH3 is 1. The van der Waals surface area contributed by atoms with Crippen molar-refractivity contribution in [3.05, 3.63) is 23.3 Å². The van der Waals surface area contributed by atoms with Crippen molar-refractivity contribution in [1.29, 1.82) is 0 Å². The molecule has 0 spiro atoms. The Bertz CT molecular complexity index is 361. The summed E-state index contributed by atoms with van der Waals surface area (Å²) in [7, 11) is 1.73. The van der Waals surface area contributed by atoms with Crippen molar-refractivity contribution in [3.63, 3.8) is 0 Å². The first-order valence-electron chi connectivity index (χ1n) is 6.30. The molecule has 0 saturated carbocycles. The van der Waals surface area contributed by atoms with E-state index in [2.05, 4.69) is 36.6 Å². The molecule has 0 amide bonds. The lowest BCUT2D eigenvalue weighted by Gasteiger charge is -2.15. The zero-order valence-corrected chi connectivity index (χ0v) is 11.0. The Hall–Kier alpha value is -1.22. The Morgan fingerprint density at radius 2 is 2.06 bits per heavy atom. The van der Waals surface area contributed by atoms with E-state index in [0.29, 0.717) is 0 Å². The van der Waals surface area contributed by atoms with E-state index < -0.39 is 0 Å². The van der Waals surface area contributed by atoms with Crippen LogP contribution in [0.15, 0.2) is 12.1 Å². The smallest absolute Gasteiger partial charge is 0.124 e. The van der Waals surface area contributed by atoms with Crippen LogP contribution in [0.25, 0.3) is 0 Å². The van der Waals surface area contributed by atoms with Crippen molar-refractivity contribution in [1.82, 2.24) is 5.32 Å². The number of hydrogen-bond acceptors (Lipinski definition) is 3. The van der Waals surface area contributed by atoms with E-state index in [1.807, 2.05) is 0 Å². The van der Waals surface area contributed by atoms with Crippen LogP contribution in [-0.4, -0.2) is 26.7 Å². The highest BCUT2D eigenvalue weighted by Gasteiger charge is 2.14. The molecule has 2 rings (SSSR count). The van der Waals surface area contributed by atoms with Gasteiger partial charge in [0.25, 0.3) is 0 Å². The second-order valence-electron chi connectivity index (χ2n) is 4.88. The summed E-state index contributed by atoms with van der Waals surface area (Å²) >= 11 is 0. The first-order chi connectivity index (χ1) is 8.20. The average Bonchev–Trinajstić information content (AvgIpc) is 2.79. The molecule has 1 atom stereocenters. The van der Waals surface area contributed by atoms with E-state index >= 15 is 0 Å². The molecule has 3 heteroatoms. The SMILES string of the molecule is COc1c(C)cc(NCC2CCNC2)cc1C. The van der Waals surface area contributed by atoms with Gasteiger partial charge in [-0.05, 0) is 62.5 Å². The van der Waals surface area contributed by atoms with E-state index in [4.69, 9.17) is 4.74 Å². The van der Waals surface area contributed by atoms with Gasteiger partial charge in [0.1, 0.15) is 5.75 Å². The van der Waals surface area contributed by atoms with Crippen molar-refractivity contribution in [2.75, 3.05) is 32.1 Å². The van der Waals surface area contributed by atoms with Gasteiger partial charge in [-0.2, -0.15) is 0 Å². The Morgan fingerprint density at radius 3 is 2.59 bits per heavy atom. The topological polar surface area (TPSA) is 33.3 Å². The molecule has 0 aromatic heterocycles. The molecule has 1 heterocycles. The van der Waals surface area contributed by atoms with Gasteiger partial charge in [-0.1, -0.05) is 0 Å². The summed E-state index contributed by atoms with van der Waals surface area (Å²) in [5.41, 5.74) is 3.59. The maximum Gasteiger partial charge on any atom is 0.124 e. The number of anilines is 1. The van der Waals surface area contributed by atoms with Crippen molar-refractivity contribution in [2.45, 2.75) is 20.3 Å². The lowest BCUT2D eigenvalue weighted by molar-refractivity contribution is 0.408. The lowest BCUT2D eigenvalue weighted by Crippen LogP contribution is -2.17. The van der Waals surface area contributed by atoms with Crippen LogP contribution in [0.5, 0.6) is 5.75 Å². The summed E-state index contributed by atoms with van der Waals surface area (Å²) in [6.45, 7) is 7.54. The minimum Gasteiger partial charge on any atom is -0.496 e. The number of benzene rings is 1. The Labute approximate surface area is 104 Å². The number of rotatable bonds is 4. The van der Waals surface area contributed by atoms with Gasteiger partial charge in [0, 0.05) is 12.2 Å². The Kier molecular flexibility index (Phi) is 3.89. The van der Waals surface area contributed by atoms with Gasteiger partial charge < -0.3 is 15.4 Å². The van der Waals surface area contributed by atoms with Crippen molar-refractivity contribution >= 4 is 5.69 Å². The molecule has 94 valence electrons. The van der Waals surface area contributed by atoms with Crippen LogP contribution in [-0.2, 0) is 0 Å². The lowest BCUT2D eigenvalue weighted by atomic mass is 10.1. The predicted octanol–water partition coefficient (Wildman–Crippen LogP) is 2.33. The Balaban J connectivity index is 2.01. The summed E-state index contributed by atoms with van der Waals surface area (Å²) in [4.78, 5) is 0. The van der Waals surface area contributed by atoms with Crippen LogP contribution in [0.2, 0.25) is 0 Å². The van der Waals surface area contributed by atoms with Gasteiger partial charge in [0.15, 0.2) is 0 Å². The third-order valence-corrected chi connectivity index (χ3v) is 3.42. The third kappa shape index (κ3) is 2.91. The number of hydrogen-bond donors (Lipinski definition) is 2. The molecule has 17 heavy (non-hydrogen) atoms. The molecule has 1 unspecified atom stereocenters. The fourth-order valence-corrected chi connectivity index (χ4v) is 2.53. The zero-order chi connectivity index (χ0) is 12.3. The minimum atomic E-state index is 0.762. The average molecular weight is 234 g/mol. The van der Waals surface area contributed by atoms with Crippen LogP contribution in [0, 0.1) is 19.8 Å². The molecular formula is C14H22N2O. The first kappa shape index (κ1) is 12.2. The molecule has 0 radical (unpaired) electrons. The summed E-state index contributed by atoms with van der Waals surface area (Å²) in [5.74, 6) is 1.76. The summed E-state index contributed by atoms with van der Waals surface area (Å²) in [5, 5.41) is 6.91. The highest BCUT2D eigenvalue weighted by atomic mass is 16.5. The maximum absolute atomic E-state index is 5.37. The third-order valence-electron chi connectivity index (χ3n) is 3.42. The van der Waals surface area contributed by atoms with Crippen molar-refractivity contribution in [2.24, 2.45) is 5.92 Å². The van der Waals surface area contributed by atoms with E-state index in [1.165, 1.54) is 23.2 Å². The molecule has 0 aliphatic carbocycles. The van der Waals surface area contributed by atoms with Crippen molar-refractivity contribution < 1.29 is 4.74 Å². The summed E-state index contributed by atoms with van der Waals surface area (Å²) in [6, 6.07) is 4.32. The second-order valence-corrected chi connectivity index (χ2v) is 4.88. The van der Waals surface area contributed by atoms with Crippen molar-refractivity contribution in [3.8, 4) is 5.75 Å². The van der Waals surface area contributed by atoms with Crippen LogP contribution >= 0.6 is 0 Å². The van der Waals surface area contributed by atoms with Gasteiger partial charge in [0.2, 0.25) is 0 Å². The highest BCUT2D eigenvalue weighted by Crippen LogP contribution is 2.26. The van der Waals surface area contributed by atoms with Crippen LogP contribution in [0.3, 0.4) is 0 Å². The molecular weight excluding hydrogens is 212 g/mol. The molecule has 2 N–H and O–H groups in total. The monoisotopic (exact) mass is 234 g/mol. The fourth-order valence-electron chi connectivity index (χ4n) is 2.53. The standard InChI is InChI=1S/C14H22N2O/c1-10-6-13(7-11(2)14(10)17-3)16-9-12-4-5-15-8-12/h6-7,12,15-16H,4-5,8-9H2,1-3H3. The molecule has 0 bridgehead atoms. The predicted molar refractivity (Wildman–Crippen MR) is 71.9 cm³/mol. The van der Waals surface area contributed by atoms with Gasteiger partial charge in [-0.15, -0.1) is 0 Å². The largest absolute Gasteiger partial charge is 0.496 e. The second kappa shape index (κ2) is 5.41. The molecule has 1 aromatic carbocycles. The molecule has 1 saturated heterocycles. The number of nitrogens with one attached hydrogen (secondary N) is 2. The zero-order valence-electron chi connectivity index (χ0n) is 11.0. The summed E-state index contributed by atoms with van der Waals surface area (Å²) in [6.07, 6.45) is 1.28. The number of ether oxygens (including phenoxy) is 1. The summed E-state index contributed by atoms with van der Waals surface area (Å²) < 4.78 is 5.37. The number of aryl methyl sites for hydroxylation is 2. The first-order valence-corrected chi connectivity index (χ1v) is 6.30. The van der Waals surface area contributed by atoms with Crippen LogP contribution < -0.4 is 15.4 Å². The van der Waals surface area contributed by atoms with Crippen LogP contribution in [0.1, 0.15) is 17.5 Å². The van der Waals surface area contributed by atoms with E-state index in [9.17, 15) is 0 Å². The quantitative estimate of drug-likeness (QED) is 0.839. The van der Waals surface area contributed by atoms with Gasteiger partial charge in [-0.25, -0.2) is 0 Å². The van der Waals surface area contributed by atoms with E-state index in [1.54, 1.807) is 7.11 Å². The van der Waals surface area contributed by atoms with Crippen LogP contribution in [0.4, 0.5) is 5.69 Å². The molecule has 1 aliphatic heterocycles.